The van der Waals surface area contributed by atoms with Crippen molar-refractivity contribution in [3.63, 3.8) is 0 Å². The average molecular weight is 314 g/mol. The van der Waals surface area contributed by atoms with E-state index in [-0.39, 0.29) is 24.0 Å². The first kappa shape index (κ1) is 14.9. The first-order chi connectivity index (χ1) is 11.0. The third-order valence-corrected chi connectivity index (χ3v) is 3.83. The Kier molecular flexibility index (Phi) is 3.65. The zero-order valence-electron chi connectivity index (χ0n) is 12.3. The fraction of sp³-hybridized carbons (Fsp3) is 0.267. The number of fused-ring (bicyclic) bond motifs is 1. The minimum Gasteiger partial charge on any atom is -0.313 e. The van der Waals surface area contributed by atoms with Crippen molar-refractivity contribution in [2.75, 3.05) is 7.05 Å². The van der Waals surface area contributed by atoms with Gasteiger partial charge < -0.3 is 5.43 Å². The van der Waals surface area contributed by atoms with Crippen LogP contribution in [0.15, 0.2) is 23.3 Å². The number of carbonyl (C=O) groups is 4. The van der Waals surface area contributed by atoms with E-state index in [1.165, 1.54) is 12.3 Å². The van der Waals surface area contributed by atoms with Crippen LogP contribution in [0.1, 0.15) is 39.1 Å². The number of rotatable bonds is 3. The largest absolute Gasteiger partial charge is 0.313 e. The summed E-state index contributed by atoms with van der Waals surface area (Å²) in [5, 5.41) is 6.02. The van der Waals surface area contributed by atoms with Crippen LogP contribution in [0, 0.1) is 0 Å². The van der Waals surface area contributed by atoms with Gasteiger partial charge in [0.25, 0.3) is 11.8 Å². The molecule has 0 saturated carbocycles. The molecule has 0 bridgehead atoms. The summed E-state index contributed by atoms with van der Waals surface area (Å²) >= 11 is 0. The van der Waals surface area contributed by atoms with Gasteiger partial charge in [0.1, 0.15) is 6.04 Å². The van der Waals surface area contributed by atoms with Crippen molar-refractivity contribution in [2.45, 2.75) is 18.9 Å². The number of nitrogens with zero attached hydrogens (tertiary/aromatic N) is 2. The molecule has 1 aromatic carbocycles. The maximum absolute atomic E-state index is 12.7. The summed E-state index contributed by atoms with van der Waals surface area (Å²) in [5.41, 5.74) is 3.53. The molecule has 0 radical (unpaired) electrons. The Balaban J connectivity index is 1.99. The molecule has 4 amide bonds. The molecule has 0 aliphatic carbocycles. The molecule has 2 aliphatic heterocycles. The van der Waals surface area contributed by atoms with Crippen molar-refractivity contribution < 1.29 is 19.2 Å². The number of hydrogen-bond acceptors (Lipinski definition) is 6. The molecule has 1 saturated heterocycles. The SMILES string of the molecule is CN/N=C/c1cccc2c1C(=O)N(C1CCC(=O)NC1=O)C2=O. The van der Waals surface area contributed by atoms with Gasteiger partial charge in [0.15, 0.2) is 0 Å². The zero-order valence-corrected chi connectivity index (χ0v) is 12.3. The summed E-state index contributed by atoms with van der Waals surface area (Å²) in [6.07, 6.45) is 1.67. The van der Waals surface area contributed by atoms with Gasteiger partial charge in [-0.05, 0) is 12.5 Å². The van der Waals surface area contributed by atoms with Crippen molar-refractivity contribution in [2.24, 2.45) is 5.10 Å². The molecule has 8 nitrogen and oxygen atoms in total. The normalized spacial score (nSPS) is 20.9. The average Bonchev–Trinajstić information content (AvgIpc) is 2.78. The van der Waals surface area contributed by atoms with E-state index >= 15 is 0 Å². The highest BCUT2D eigenvalue weighted by molar-refractivity contribution is 6.25. The van der Waals surface area contributed by atoms with E-state index in [0.29, 0.717) is 5.56 Å². The van der Waals surface area contributed by atoms with E-state index in [1.54, 1.807) is 19.2 Å². The maximum Gasteiger partial charge on any atom is 0.262 e. The van der Waals surface area contributed by atoms with Gasteiger partial charge in [-0.3, -0.25) is 29.4 Å². The second-order valence-corrected chi connectivity index (χ2v) is 5.20. The van der Waals surface area contributed by atoms with E-state index < -0.39 is 29.7 Å². The van der Waals surface area contributed by atoms with Gasteiger partial charge in [0.05, 0.1) is 17.3 Å². The Bertz CT molecular complexity index is 756. The summed E-state index contributed by atoms with van der Waals surface area (Å²) in [6.45, 7) is 0. The standard InChI is InChI=1S/C15H14N4O4/c1-16-17-7-8-3-2-4-9-12(8)15(23)19(14(9)22)10-5-6-11(20)18-13(10)21/h2-4,7,10,16H,5-6H2,1H3,(H,18,20,21)/b17-7+. The Hall–Kier alpha value is -3.03. The maximum atomic E-state index is 12.7. The quantitative estimate of drug-likeness (QED) is 0.450. The summed E-state index contributed by atoms with van der Waals surface area (Å²) in [7, 11) is 1.61. The molecule has 0 spiro atoms. The molecule has 1 unspecified atom stereocenters. The summed E-state index contributed by atoms with van der Waals surface area (Å²) in [5.74, 6) is -2.09. The number of hydrazone groups is 1. The highest BCUT2D eigenvalue weighted by atomic mass is 16.2. The number of amides is 4. The van der Waals surface area contributed by atoms with Gasteiger partial charge >= 0.3 is 0 Å². The first-order valence-corrected chi connectivity index (χ1v) is 7.09. The molecule has 1 fully saturated rings. The molecule has 23 heavy (non-hydrogen) atoms. The third-order valence-electron chi connectivity index (χ3n) is 3.83. The third kappa shape index (κ3) is 2.37. The Morgan fingerprint density at radius 2 is 2.04 bits per heavy atom. The van der Waals surface area contributed by atoms with Crippen molar-refractivity contribution in [1.82, 2.24) is 15.6 Å². The van der Waals surface area contributed by atoms with Crippen molar-refractivity contribution in [1.29, 1.82) is 0 Å². The van der Waals surface area contributed by atoms with E-state index in [1.807, 2.05) is 0 Å². The lowest BCUT2D eigenvalue weighted by atomic mass is 10.0. The lowest BCUT2D eigenvalue weighted by molar-refractivity contribution is -0.136. The number of piperidine rings is 1. The Morgan fingerprint density at radius 3 is 2.74 bits per heavy atom. The van der Waals surface area contributed by atoms with Crippen LogP contribution in [0.2, 0.25) is 0 Å². The van der Waals surface area contributed by atoms with E-state index in [9.17, 15) is 19.2 Å². The molecular formula is C15H14N4O4. The summed E-state index contributed by atoms with van der Waals surface area (Å²) in [6, 6.07) is 3.89. The minimum atomic E-state index is -0.964. The smallest absolute Gasteiger partial charge is 0.262 e. The lowest BCUT2D eigenvalue weighted by Gasteiger charge is -2.27. The van der Waals surface area contributed by atoms with Crippen molar-refractivity contribution >= 4 is 29.8 Å². The van der Waals surface area contributed by atoms with Crippen LogP contribution in [0.4, 0.5) is 0 Å². The zero-order chi connectivity index (χ0) is 16.6. The van der Waals surface area contributed by atoms with E-state index in [2.05, 4.69) is 15.8 Å². The fourth-order valence-electron chi connectivity index (χ4n) is 2.78. The molecule has 0 aromatic heterocycles. The Morgan fingerprint density at radius 1 is 1.26 bits per heavy atom. The van der Waals surface area contributed by atoms with Gasteiger partial charge in [-0.2, -0.15) is 5.10 Å². The number of hydrogen-bond donors (Lipinski definition) is 2. The number of imide groups is 2. The van der Waals surface area contributed by atoms with Crippen molar-refractivity contribution in [3.05, 3.63) is 34.9 Å². The molecule has 2 N–H and O–H groups in total. The first-order valence-electron chi connectivity index (χ1n) is 7.09. The molecule has 1 aromatic rings. The molecule has 8 heteroatoms. The number of benzene rings is 1. The number of carbonyl (C=O) groups excluding carboxylic acids is 4. The summed E-state index contributed by atoms with van der Waals surface area (Å²) < 4.78 is 0. The lowest BCUT2D eigenvalue weighted by Crippen LogP contribution is -2.54. The monoisotopic (exact) mass is 314 g/mol. The van der Waals surface area contributed by atoms with Crippen LogP contribution in [0.5, 0.6) is 0 Å². The number of nitrogens with one attached hydrogen (secondary N) is 2. The molecular weight excluding hydrogens is 300 g/mol. The predicted molar refractivity (Wildman–Crippen MR) is 79.8 cm³/mol. The molecule has 3 rings (SSSR count). The Labute approximate surface area is 131 Å². The summed E-state index contributed by atoms with van der Waals surface area (Å²) in [4.78, 5) is 49.4. The van der Waals surface area contributed by atoms with Gasteiger partial charge in [0, 0.05) is 19.0 Å². The van der Waals surface area contributed by atoms with E-state index in [0.717, 1.165) is 4.90 Å². The van der Waals surface area contributed by atoms with Gasteiger partial charge in [-0.25, -0.2) is 0 Å². The van der Waals surface area contributed by atoms with Crippen molar-refractivity contribution in [3.8, 4) is 0 Å². The molecule has 118 valence electrons. The van der Waals surface area contributed by atoms with Crippen LogP contribution in [-0.2, 0) is 9.59 Å². The highest BCUT2D eigenvalue weighted by Gasteiger charge is 2.45. The molecule has 2 heterocycles. The van der Waals surface area contributed by atoms with Crippen LogP contribution in [0.25, 0.3) is 0 Å². The van der Waals surface area contributed by atoms with Crippen LogP contribution in [0.3, 0.4) is 0 Å². The van der Waals surface area contributed by atoms with Crippen LogP contribution >= 0.6 is 0 Å². The molecule has 1 atom stereocenters. The minimum absolute atomic E-state index is 0.0951. The molecule has 2 aliphatic rings. The van der Waals surface area contributed by atoms with Gasteiger partial charge in [0.2, 0.25) is 11.8 Å². The predicted octanol–water partition coefficient (Wildman–Crippen LogP) is -0.359. The second-order valence-electron chi connectivity index (χ2n) is 5.20. The second kappa shape index (κ2) is 5.64. The highest BCUT2D eigenvalue weighted by Crippen LogP contribution is 2.29. The van der Waals surface area contributed by atoms with E-state index in [4.69, 9.17) is 0 Å². The van der Waals surface area contributed by atoms with Crippen LogP contribution in [-0.4, -0.2) is 47.8 Å². The topological polar surface area (TPSA) is 108 Å². The van der Waals surface area contributed by atoms with Crippen LogP contribution < -0.4 is 10.7 Å². The fourth-order valence-corrected chi connectivity index (χ4v) is 2.78. The van der Waals surface area contributed by atoms with Gasteiger partial charge in [-0.1, -0.05) is 12.1 Å². The van der Waals surface area contributed by atoms with Gasteiger partial charge in [-0.15, -0.1) is 0 Å².